The molecule has 0 saturated carbocycles. The average Bonchev–Trinajstić information content (AvgIpc) is 3.04. The lowest BCUT2D eigenvalue weighted by molar-refractivity contribution is -0.0248. The molecule has 1 atom stereocenters. The zero-order valence-corrected chi connectivity index (χ0v) is 14.5. The first kappa shape index (κ1) is 16.1. The minimum absolute atomic E-state index is 0.0761. The van der Waals surface area contributed by atoms with E-state index in [1.54, 1.807) is 17.5 Å². The third kappa shape index (κ3) is 3.59. The van der Waals surface area contributed by atoms with E-state index in [0.29, 0.717) is 31.4 Å². The highest BCUT2D eigenvalue weighted by atomic mass is 32.1. The zero-order chi connectivity index (χ0) is 16.4. The summed E-state index contributed by atoms with van der Waals surface area (Å²) in [6.45, 7) is 7.81. The van der Waals surface area contributed by atoms with E-state index in [9.17, 15) is 4.79 Å². The van der Waals surface area contributed by atoms with Crippen LogP contribution >= 0.6 is 11.3 Å². The van der Waals surface area contributed by atoms with Crippen LogP contribution in [0, 0.1) is 6.92 Å². The Labute approximate surface area is 140 Å². The Balaban J connectivity index is 1.73. The second-order valence-corrected chi connectivity index (χ2v) is 6.97. The van der Waals surface area contributed by atoms with Crippen molar-refractivity contribution in [2.75, 3.05) is 19.7 Å². The van der Waals surface area contributed by atoms with Gasteiger partial charge in [0.25, 0.3) is 5.91 Å². The van der Waals surface area contributed by atoms with Crippen molar-refractivity contribution in [1.82, 2.24) is 14.9 Å². The second kappa shape index (κ2) is 6.76. The molecule has 0 aromatic carbocycles. The Bertz CT molecular complexity index is 699. The smallest absolute Gasteiger partial charge is 0.254 e. The van der Waals surface area contributed by atoms with Gasteiger partial charge in [0.1, 0.15) is 11.9 Å². The molecule has 122 valence electrons. The van der Waals surface area contributed by atoms with Gasteiger partial charge in [0.15, 0.2) is 0 Å². The number of hydrogen-bond donors (Lipinski definition) is 0. The van der Waals surface area contributed by atoms with E-state index < -0.39 is 0 Å². The van der Waals surface area contributed by atoms with Gasteiger partial charge in [-0.05, 0) is 25.0 Å². The Morgan fingerprint density at radius 1 is 1.48 bits per heavy atom. The molecule has 2 aromatic heterocycles. The molecule has 1 fully saturated rings. The van der Waals surface area contributed by atoms with Gasteiger partial charge in [-0.15, -0.1) is 11.3 Å². The largest absolute Gasteiger partial charge is 0.368 e. The van der Waals surface area contributed by atoms with E-state index in [0.717, 1.165) is 11.3 Å². The molecular formula is C17H21N3O2S. The standard InChI is InChI=1S/C17H21N3O2S/c1-11(2)16-8-13(10-23-16)17(21)20-6-7-22-15(9-20)14-4-5-18-12(3)19-14/h4-5,8,10-11,15H,6-7,9H2,1-3H3/t15-/m1/s1. The van der Waals surface area contributed by atoms with Gasteiger partial charge >= 0.3 is 0 Å². The minimum Gasteiger partial charge on any atom is -0.368 e. The minimum atomic E-state index is -0.183. The first-order chi connectivity index (χ1) is 11.0. The molecule has 23 heavy (non-hydrogen) atoms. The van der Waals surface area contributed by atoms with Crippen LogP contribution in [0.4, 0.5) is 0 Å². The fraction of sp³-hybridized carbons (Fsp3) is 0.471. The summed E-state index contributed by atoms with van der Waals surface area (Å²) in [6.07, 6.45) is 1.55. The van der Waals surface area contributed by atoms with Crippen molar-refractivity contribution in [2.45, 2.75) is 32.8 Å². The van der Waals surface area contributed by atoms with Crippen molar-refractivity contribution in [2.24, 2.45) is 0 Å². The lowest BCUT2D eigenvalue weighted by atomic mass is 10.1. The number of aryl methyl sites for hydroxylation is 1. The first-order valence-corrected chi connectivity index (χ1v) is 8.71. The van der Waals surface area contributed by atoms with Crippen molar-refractivity contribution in [3.8, 4) is 0 Å². The number of rotatable bonds is 3. The van der Waals surface area contributed by atoms with Crippen LogP contribution in [0.25, 0.3) is 0 Å². The van der Waals surface area contributed by atoms with Gasteiger partial charge in [0, 0.05) is 23.0 Å². The molecule has 1 aliphatic rings. The summed E-state index contributed by atoms with van der Waals surface area (Å²) in [6, 6.07) is 3.87. The molecular weight excluding hydrogens is 310 g/mol. The highest BCUT2D eigenvalue weighted by molar-refractivity contribution is 7.10. The van der Waals surface area contributed by atoms with Gasteiger partial charge in [-0.3, -0.25) is 4.79 Å². The monoisotopic (exact) mass is 331 g/mol. The summed E-state index contributed by atoms with van der Waals surface area (Å²) in [5.74, 6) is 1.24. The lowest BCUT2D eigenvalue weighted by Crippen LogP contribution is -2.42. The molecule has 0 N–H and O–H groups in total. The predicted molar refractivity (Wildman–Crippen MR) is 89.8 cm³/mol. The highest BCUT2D eigenvalue weighted by Gasteiger charge is 2.27. The highest BCUT2D eigenvalue weighted by Crippen LogP contribution is 2.26. The lowest BCUT2D eigenvalue weighted by Gasteiger charge is -2.32. The van der Waals surface area contributed by atoms with E-state index in [1.165, 1.54) is 4.88 Å². The maximum absolute atomic E-state index is 12.7. The molecule has 3 rings (SSSR count). The Kier molecular flexibility index (Phi) is 4.73. The molecule has 3 heterocycles. The Morgan fingerprint density at radius 2 is 2.30 bits per heavy atom. The molecule has 1 aliphatic heterocycles. The summed E-state index contributed by atoms with van der Waals surface area (Å²) < 4.78 is 5.80. The fourth-order valence-corrected chi connectivity index (χ4v) is 3.52. The molecule has 0 radical (unpaired) electrons. The van der Waals surface area contributed by atoms with E-state index in [-0.39, 0.29) is 12.0 Å². The van der Waals surface area contributed by atoms with E-state index in [4.69, 9.17) is 4.74 Å². The number of nitrogens with zero attached hydrogens (tertiary/aromatic N) is 3. The molecule has 1 amide bonds. The maximum atomic E-state index is 12.7. The number of carbonyl (C=O) groups is 1. The molecule has 0 bridgehead atoms. The molecule has 1 saturated heterocycles. The average molecular weight is 331 g/mol. The van der Waals surface area contributed by atoms with Gasteiger partial charge in [0.2, 0.25) is 0 Å². The number of amides is 1. The fourth-order valence-electron chi connectivity index (χ4n) is 2.62. The molecule has 5 nitrogen and oxygen atoms in total. The first-order valence-electron chi connectivity index (χ1n) is 7.83. The number of thiophene rings is 1. The second-order valence-electron chi connectivity index (χ2n) is 6.03. The Hall–Kier alpha value is -1.79. The maximum Gasteiger partial charge on any atom is 0.254 e. The molecule has 0 unspecified atom stereocenters. The summed E-state index contributed by atoms with van der Waals surface area (Å²) in [4.78, 5) is 24.4. The predicted octanol–water partition coefficient (Wildman–Crippen LogP) is 3.18. The summed E-state index contributed by atoms with van der Waals surface area (Å²) in [5.41, 5.74) is 1.61. The van der Waals surface area contributed by atoms with Gasteiger partial charge in [-0.2, -0.15) is 0 Å². The van der Waals surface area contributed by atoms with Crippen molar-refractivity contribution in [1.29, 1.82) is 0 Å². The van der Waals surface area contributed by atoms with Crippen LogP contribution in [0.5, 0.6) is 0 Å². The molecule has 2 aromatic rings. The van der Waals surface area contributed by atoms with Gasteiger partial charge in [-0.25, -0.2) is 9.97 Å². The third-order valence-electron chi connectivity index (χ3n) is 3.92. The van der Waals surface area contributed by atoms with Crippen LogP contribution in [0.15, 0.2) is 23.7 Å². The van der Waals surface area contributed by atoms with Crippen molar-refractivity contribution in [3.05, 3.63) is 45.7 Å². The van der Waals surface area contributed by atoms with Crippen LogP contribution in [0.2, 0.25) is 0 Å². The van der Waals surface area contributed by atoms with Crippen molar-refractivity contribution in [3.63, 3.8) is 0 Å². The summed E-state index contributed by atoms with van der Waals surface area (Å²) in [7, 11) is 0. The van der Waals surface area contributed by atoms with Crippen molar-refractivity contribution >= 4 is 17.2 Å². The van der Waals surface area contributed by atoms with Gasteiger partial charge in [0.05, 0.1) is 24.4 Å². The molecule has 6 heteroatoms. The molecule has 0 aliphatic carbocycles. The Morgan fingerprint density at radius 3 is 3.00 bits per heavy atom. The number of morpholine rings is 1. The van der Waals surface area contributed by atoms with Crippen LogP contribution < -0.4 is 0 Å². The van der Waals surface area contributed by atoms with Crippen LogP contribution in [-0.4, -0.2) is 40.5 Å². The summed E-state index contributed by atoms with van der Waals surface area (Å²) in [5, 5.41) is 1.96. The van der Waals surface area contributed by atoms with E-state index in [2.05, 4.69) is 23.8 Å². The number of aromatic nitrogens is 2. The summed E-state index contributed by atoms with van der Waals surface area (Å²) >= 11 is 1.65. The van der Waals surface area contributed by atoms with Crippen LogP contribution in [-0.2, 0) is 4.74 Å². The van der Waals surface area contributed by atoms with E-state index >= 15 is 0 Å². The normalized spacial score (nSPS) is 18.4. The quantitative estimate of drug-likeness (QED) is 0.867. The van der Waals surface area contributed by atoms with Gasteiger partial charge in [-0.1, -0.05) is 13.8 Å². The van der Waals surface area contributed by atoms with E-state index in [1.807, 2.05) is 29.3 Å². The molecule has 0 spiro atoms. The number of hydrogen-bond acceptors (Lipinski definition) is 5. The number of ether oxygens (including phenoxy) is 1. The van der Waals surface area contributed by atoms with Crippen LogP contribution in [0.1, 0.15) is 52.6 Å². The third-order valence-corrected chi connectivity index (χ3v) is 5.15. The number of carbonyl (C=O) groups excluding carboxylic acids is 1. The van der Waals surface area contributed by atoms with Crippen molar-refractivity contribution < 1.29 is 9.53 Å². The zero-order valence-electron chi connectivity index (χ0n) is 13.7. The topological polar surface area (TPSA) is 55.3 Å². The SMILES string of the molecule is Cc1nccc([C@H]2CN(C(=O)c3csc(C(C)C)c3)CCO2)n1. The van der Waals surface area contributed by atoms with Crippen LogP contribution in [0.3, 0.4) is 0 Å². The van der Waals surface area contributed by atoms with Gasteiger partial charge < -0.3 is 9.64 Å².